The van der Waals surface area contributed by atoms with Crippen molar-refractivity contribution < 1.29 is 4.92 Å². The summed E-state index contributed by atoms with van der Waals surface area (Å²) in [7, 11) is 0. The van der Waals surface area contributed by atoms with Crippen LogP contribution in [0.15, 0.2) is 12.4 Å². The highest BCUT2D eigenvalue weighted by molar-refractivity contribution is 7.19. The van der Waals surface area contributed by atoms with E-state index in [1.165, 1.54) is 29.3 Å². The summed E-state index contributed by atoms with van der Waals surface area (Å²) in [6.07, 6.45) is 6.29. The second-order valence-corrected chi connectivity index (χ2v) is 8.38. The van der Waals surface area contributed by atoms with Crippen molar-refractivity contribution in [2.75, 3.05) is 0 Å². The summed E-state index contributed by atoms with van der Waals surface area (Å²) < 4.78 is 3.27. The first kappa shape index (κ1) is 17.2. The number of thiophene rings is 1. The monoisotopic (exact) mass is 397 g/mol. The molecule has 1 aliphatic rings. The minimum Gasteiger partial charge on any atom is -0.358 e. The standard InChI is InChI=1S/C18H19N7O2S/c1-3-11-4-5-12-13(7-11)28-18-16(12)17-20-14(21-24(17)9-19-18)8-23-10(2)6-15(22-23)25(26)27/h6,9,11H,3-5,7-8H2,1-2H3. The number of nitrogens with zero attached hydrogens (tertiary/aromatic N) is 7. The Bertz CT molecular complexity index is 1220. The Morgan fingerprint density at radius 3 is 3.00 bits per heavy atom. The molecule has 1 aliphatic carbocycles. The summed E-state index contributed by atoms with van der Waals surface area (Å²) in [5, 5.41) is 20.6. The van der Waals surface area contributed by atoms with Crippen molar-refractivity contribution in [2.24, 2.45) is 5.92 Å². The fraction of sp³-hybridized carbons (Fsp3) is 0.444. The maximum atomic E-state index is 10.9. The first-order valence-corrected chi connectivity index (χ1v) is 10.2. The highest BCUT2D eigenvalue weighted by atomic mass is 32.1. The van der Waals surface area contributed by atoms with Crippen LogP contribution in [0.1, 0.15) is 41.7 Å². The number of nitro groups is 1. The van der Waals surface area contributed by atoms with Crippen molar-refractivity contribution >= 4 is 33.0 Å². The van der Waals surface area contributed by atoms with Crippen LogP contribution in [0.3, 0.4) is 0 Å². The fourth-order valence-electron chi connectivity index (χ4n) is 3.98. The van der Waals surface area contributed by atoms with Gasteiger partial charge in [-0.1, -0.05) is 13.3 Å². The maximum Gasteiger partial charge on any atom is 0.390 e. The van der Waals surface area contributed by atoms with E-state index in [1.807, 2.05) is 0 Å². The fourth-order valence-corrected chi connectivity index (χ4v) is 5.27. The van der Waals surface area contributed by atoms with Crippen molar-refractivity contribution in [1.29, 1.82) is 0 Å². The summed E-state index contributed by atoms with van der Waals surface area (Å²) >= 11 is 1.77. The van der Waals surface area contributed by atoms with Crippen LogP contribution in [-0.2, 0) is 19.4 Å². The summed E-state index contributed by atoms with van der Waals surface area (Å²) in [5.74, 6) is 1.16. The zero-order valence-electron chi connectivity index (χ0n) is 15.6. The lowest BCUT2D eigenvalue weighted by molar-refractivity contribution is -0.389. The Labute approximate surface area is 164 Å². The molecule has 4 aromatic rings. The van der Waals surface area contributed by atoms with Gasteiger partial charge in [0.15, 0.2) is 11.5 Å². The predicted molar refractivity (Wildman–Crippen MR) is 105 cm³/mol. The largest absolute Gasteiger partial charge is 0.390 e. The number of hydrogen-bond donors (Lipinski definition) is 0. The van der Waals surface area contributed by atoms with Crippen molar-refractivity contribution in [3.63, 3.8) is 0 Å². The van der Waals surface area contributed by atoms with E-state index in [4.69, 9.17) is 4.98 Å². The van der Waals surface area contributed by atoms with Gasteiger partial charge in [0.1, 0.15) is 17.7 Å². The van der Waals surface area contributed by atoms with Crippen LogP contribution in [0.2, 0.25) is 0 Å². The smallest absolute Gasteiger partial charge is 0.358 e. The molecule has 1 unspecified atom stereocenters. The molecule has 0 radical (unpaired) electrons. The summed E-state index contributed by atoms with van der Waals surface area (Å²) in [5.41, 5.74) is 2.88. The molecule has 144 valence electrons. The molecule has 9 nitrogen and oxygen atoms in total. The Hall–Kier alpha value is -2.88. The molecule has 28 heavy (non-hydrogen) atoms. The second kappa shape index (κ2) is 6.33. The molecule has 0 saturated carbocycles. The second-order valence-electron chi connectivity index (χ2n) is 7.30. The minimum absolute atomic E-state index is 0.164. The lowest BCUT2D eigenvalue weighted by Gasteiger charge is -2.20. The number of aryl methyl sites for hydroxylation is 2. The Morgan fingerprint density at radius 2 is 2.25 bits per heavy atom. The van der Waals surface area contributed by atoms with Crippen molar-refractivity contribution in [1.82, 2.24) is 29.4 Å². The molecule has 4 aromatic heterocycles. The summed E-state index contributed by atoms with van der Waals surface area (Å²) in [6, 6.07) is 1.45. The third kappa shape index (κ3) is 2.67. The molecule has 0 bridgehead atoms. The maximum absolute atomic E-state index is 10.9. The van der Waals surface area contributed by atoms with Gasteiger partial charge in [0.05, 0.1) is 22.2 Å². The first-order chi connectivity index (χ1) is 13.5. The molecule has 1 atom stereocenters. The molecular formula is C18H19N7O2S. The van der Waals surface area contributed by atoms with Gasteiger partial charge in [-0.2, -0.15) is 4.68 Å². The third-order valence-electron chi connectivity index (χ3n) is 5.56. The van der Waals surface area contributed by atoms with Gasteiger partial charge in [0.2, 0.25) is 0 Å². The van der Waals surface area contributed by atoms with Gasteiger partial charge in [-0.3, -0.25) is 0 Å². The normalized spacial score (nSPS) is 16.7. The molecule has 0 saturated heterocycles. The zero-order valence-corrected chi connectivity index (χ0v) is 16.4. The highest BCUT2D eigenvalue weighted by Crippen LogP contribution is 2.39. The minimum atomic E-state index is -0.491. The molecule has 10 heteroatoms. The van der Waals surface area contributed by atoms with Crippen LogP contribution in [0, 0.1) is 23.0 Å². The van der Waals surface area contributed by atoms with Crippen LogP contribution in [0.25, 0.3) is 15.9 Å². The van der Waals surface area contributed by atoms with E-state index in [2.05, 4.69) is 22.1 Å². The van der Waals surface area contributed by atoms with E-state index < -0.39 is 4.92 Å². The van der Waals surface area contributed by atoms with Gasteiger partial charge < -0.3 is 10.1 Å². The average molecular weight is 397 g/mol. The van der Waals surface area contributed by atoms with Crippen LogP contribution in [-0.4, -0.2) is 34.3 Å². The average Bonchev–Trinajstić information content (AvgIpc) is 3.35. The molecule has 5 rings (SSSR count). The van der Waals surface area contributed by atoms with Crippen LogP contribution >= 0.6 is 11.3 Å². The zero-order chi connectivity index (χ0) is 19.4. The van der Waals surface area contributed by atoms with Crippen molar-refractivity contribution in [2.45, 2.75) is 46.1 Å². The predicted octanol–water partition coefficient (Wildman–Crippen LogP) is 3.32. The molecule has 0 spiro atoms. The van der Waals surface area contributed by atoms with Gasteiger partial charge in [-0.15, -0.1) is 16.4 Å². The van der Waals surface area contributed by atoms with E-state index in [0.717, 1.165) is 34.6 Å². The molecule has 4 heterocycles. The SMILES string of the molecule is CCC1CCc2c(sc3ncn4nc(Cn5nc([N+](=O)[O-])cc5C)nc4c23)C1. The van der Waals surface area contributed by atoms with Gasteiger partial charge in [-0.05, 0) is 42.6 Å². The van der Waals surface area contributed by atoms with Crippen LogP contribution in [0.5, 0.6) is 0 Å². The van der Waals surface area contributed by atoms with E-state index in [0.29, 0.717) is 11.5 Å². The third-order valence-corrected chi connectivity index (χ3v) is 6.72. The summed E-state index contributed by atoms with van der Waals surface area (Å²) in [6.45, 7) is 4.33. The number of aromatic nitrogens is 6. The van der Waals surface area contributed by atoms with Gasteiger partial charge in [0, 0.05) is 4.88 Å². The quantitative estimate of drug-likeness (QED) is 0.386. The van der Waals surface area contributed by atoms with Gasteiger partial charge in [-0.25, -0.2) is 14.5 Å². The van der Waals surface area contributed by atoms with E-state index >= 15 is 0 Å². The topological polar surface area (TPSA) is 104 Å². The number of fused-ring (bicyclic) bond motifs is 5. The molecule has 0 aromatic carbocycles. The Kier molecular flexibility index (Phi) is 3.90. The molecule has 0 N–H and O–H groups in total. The number of hydrogen-bond acceptors (Lipinski definition) is 7. The first-order valence-electron chi connectivity index (χ1n) is 9.36. The lowest BCUT2D eigenvalue weighted by atomic mass is 9.86. The van der Waals surface area contributed by atoms with E-state index in [-0.39, 0.29) is 12.4 Å². The Morgan fingerprint density at radius 1 is 1.39 bits per heavy atom. The highest BCUT2D eigenvalue weighted by Gasteiger charge is 2.25. The molecule has 0 fully saturated rings. The number of rotatable bonds is 4. The van der Waals surface area contributed by atoms with Crippen LogP contribution in [0.4, 0.5) is 5.82 Å². The molecule has 0 aliphatic heterocycles. The van der Waals surface area contributed by atoms with E-state index in [9.17, 15) is 10.1 Å². The molecule has 0 amide bonds. The summed E-state index contributed by atoms with van der Waals surface area (Å²) in [4.78, 5) is 22.2. The lowest BCUT2D eigenvalue weighted by Crippen LogP contribution is -2.11. The van der Waals surface area contributed by atoms with Crippen molar-refractivity contribution in [3.05, 3.63) is 44.5 Å². The van der Waals surface area contributed by atoms with Crippen LogP contribution < -0.4 is 0 Å². The Balaban J connectivity index is 1.57. The van der Waals surface area contributed by atoms with Gasteiger partial charge >= 0.3 is 5.82 Å². The van der Waals surface area contributed by atoms with Gasteiger partial charge in [0.25, 0.3) is 0 Å². The van der Waals surface area contributed by atoms with E-state index in [1.54, 1.807) is 33.8 Å². The van der Waals surface area contributed by atoms with Crippen molar-refractivity contribution in [3.8, 4) is 0 Å². The molecular weight excluding hydrogens is 378 g/mol.